The minimum absolute atomic E-state index is 0.206. The first-order valence-electron chi connectivity index (χ1n) is 6.81. The van der Waals surface area contributed by atoms with Crippen LogP contribution in [0.4, 0.5) is 5.95 Å². The van der Waals surface area contributed by atoms with Crippen LogP contribution in [0.2, 0.25) is 5.02 Å². The highest BCUT2D eigenvalue weighted by Gasteiger charge is 2.19. The predicted octanol–water partition coefficient (Wildman–Crippen LogP) is 2.25. The Balaban J connectivity index is 1.73. The second-order valence-corrected chi connectivity index (χ2v) is 5.28. The zero-order valence-corrected chi connectivity index (χ0v) is 12.1. The molecule has 0 aromatic carbocycles. The first-order valence-corrected chi connectivity index (χ1v) is 7.18. The van der Waals surface area contributed by atoms with Crippen LogP contribution < -0.4 is 10.2 Å². The van der Waals surface area contributed by atoms with Crippen LogP contribution in [0.5, 0.6) is 0 Å². The van der Waals surface area contributed by atoms with Gasteiger partial charge in [0.15, 0.2) is 5.69 Å². The Kier molecular flexibility index (Phi) is 4.06. The largest absolute Gasteiger partial charge is 0.472 e. The summed E-state index contributed by atoms with van der Waals surface area (Å²) in [5.74, 6) is 0.245. The number of nitrogens with one attached hydrogen (secondary N) is 1. The van der Waals surface area contributed by atoms with Crippen molar-refractivity contribution in [3.05, 3.63) is 41.1 Å². The number of anilines is 1. The van der Waals surface area contributed by atoms with Crippen LogP contribution in [0.25, 0.3) is 0 Å². The standard InChI is InChI=1S/C14H15ClN4O2/c15-11-8-17-14(19-4-1-2-5-19)18-12(11)13(20)16-7-10-3-6-21-9-10/h3,6,8-9H,1-2,4-5,7H2,(H,16,20). The van der Waals surface area contributed by atoms with E-state index in [-0.39, 0.29) is 16.6 Å². The topological polar surface area (TPSA) is 71.3 Å². The molecule has 6 nitrogen and oxygen atoms in total. The maximum atomic E-state index is 12.2. The molecule has 3 heterocycles. The molecule has 2 aromatic heterocycles. The minimum Gasteiger partial charge on any atom is -0.472 e. The molecule has 0 radical (unpaired) electrons. The van der Waals surface area contributed by atoms with E-state index in [4.69, 9.17) is 16.0 Å². The van der Waals surface area contributed by atoms with E-state index < -0.39 is 0 Å². The van der Waals surface area contributed by atoms with Crippen molar-refractivity contribution < 1.29 is 9.21 Å². The Morgan fingerprint density at radius 3 is 2.95 bits per heavy atom. The Morgan fingerprint density at radius 1 is 1.43 bits per heavy atom. The van der Waals surface area contributed by atoms with Gasteiger partial charge in [0.05, 0.1) is 23.7 Å². The van der Waals surface area contributed by atoms with Crippen LogP contribution in [-0.2, 0) is 6.54 Å². The Labute approximate surface area is 127 Å². The van der Waals surface area contributed by atoms with Gasteiger partial charge in [-0.05, 0) is 18.9 Å². The molecular formula is C14H15ClN4O2. The predicted molar refractivity (Wildman–Crippen MR) is 78.4 cm³/mol. The average Bonchev–Trinajstić information content (AvgIpc) is 3.18. The molecule has 1 amide bonds. The number of amides is 1. The monoisotopic (exact) mass is 306 g/mol. The summed E-state index contributed by atoms with van der Waals surface area (Å²) in [6.45, 7) is 2.20. The zero-order chi connectivity index (χ0) is 14.7. The van der Waals surface area contributed by atoms with E-state index in [1.807, 2.05) is 0 Å². The van der Waals surface area contributed by atoms with Gasteiger partial charge in [-0.2, -0.15) is 0 Å². The first-order chi connectivity index (χ1) is 10.2. The maximum absolute atomic E-state index is 12.2. The number of rotatable bonds is 4. The Hall–Kier alpha value is -2.08. The number of nitrogens with zero attached hydrogens (tertiary/aromatic N) is 3. The van der Waals surface area contributed by atoms with Gasteiger partial charge in [0, 0.05) is 25.2 Å². The molecule has 1 N–H and O–H groups in total. The van der Waals surface area contributed by atoms with E-state index >= 15 is 0 Å². The molecule has 0 aliphatic carbocycles. The SMILES string of the molecule is O=C(NCc1ccoc1)c1nc(N2CCCC2)ncc1Cl. The molecule has 1 saturated heterocycles. The number of carbonyl (C=O) groups excluding carboxylic acids is 1. The molecule has 2 aromatic rings. The zero-order valence-electron chi connectivity index (χ0n) is 11.4. The number of halogens is 1. The summed E-state index contributed by atoms with van der Waals surface area (Å²) >= 11 is 6.04. The van der Waals surface area contributed by atoms with Crippen molar-refractivity contribution in [3.8, 4) is 0 Å². The Bertz CT molecular complexity index is 624. The Morgan fingerprint density at radius 2 is 2.24 bits per heavy atom. The summed E-state index contributed by atoms with van der Waals surface area (Å²) < 4.78 is 4.95. The first kappa shape index (κ1) is 13.9. The number of hydrogen-bond donors (Lipinski definition) is 1. The summed E-state index contributed by atoms with van der Waals surface area (Å²) in [6.07, 6.45) is 6.86. The third-order valence-corrected chi connectivity index (χ3v) is 3.65. The number of carbonyl (C=O) groups is 1. The van der Waals surface area contributed by atoms with E-state index in [9.17, 15) is 4.79 Å². The smallest absolute Gasteiger partial charge is 0.271 e. The van der Waals surface area contributed by atoms with E-state index in [0.29, 0.717) is 12.5 Å². The van der Waals surface area contributed by atoms with E-state index in [1.165, 1.54) is 6.20 Å². The quantitative estimate of drug-likeness (QED) is 0.938. The van der Waals surface area contributed by atoms with Crippen LogP contribution >= 0.6 is 11.6 Å². The highest BCUT2D eigenvalue weighted by Crippen LogP contribution is 2.19. The summed E-state index contributed by atoms with van der Waals surface area (Å²) in [7, 11) is 0. The van der Waals surface area contributed by atoms with Gasteiger partial charge < -0.3 is 14.6 Å². The van der Waals surface area contributed by atoms with Gasteiger partial charge in [0.25, 0.3) is 5.91 Å². The van der Waals surface area contributed by atoms with E-state index in [1.54, 1.807) is 18.6 Å². The fourth-order valence-corrected chi connectivity index (χ4v) is 2.42. The summed E-state index contributed by atoms with van der Waals surface area (Å²) in [4.78, 5) is 22.8. The van der Waals surface area contributed by atoms with Gasteiger partial charge in [-0.15, -0.1) is 0 Å². The van der Waals surface area contributed by atoms with Crippen LogP contribution in [0.3, 0.4) is 0 Å². The third-order valence-electron chi connectivity index (χ3n) is 3.37. The molecule has 3 rings (SSSR count). The van der Waals surface area contributed by atoms with Crippen LogP contribution in [0.1, 0.15) is 28.9 Å². The van der Waals surface area contributed by atoms with Gasteiger partial charge in [-0.1, -0.05) is 11.6 Å². The minimum atomic E-state index is -0.316. The summed E-state index contributed by atoms with van der Waals surface area (Å²) in [5.41, 5.74) is 1.09. The lowest BCUT2D eigenvalue weighted by Gasteiger charge is -2.15. The van der Waals surface area contributed by atoms with Crippen LogP contribution in [-0.4, -0.2) is 29.0 Å². The fraction of sp³-hybridized carbons (Fsp3) is 0.357. The van der Waals surface area contributed by atoms with Gasteiger partial charge >= 0.3 is 0 Å². The normalized spacial score (nSPS) is 14.4. The van der Waals surface area contributed by atoms with Crippen molar-refractivity contribution >= 4 is 23.5 Å². The second-order valence-electron chi connectivity index (χ2n) is 4.87. The highest BCUT2D eigenvalue weighted by molar-refractivity contribution is 6.33. The molecule has 0 unspecified atom stereocenters. The fourth-order valence-electron chi connectivity index (χ4n) is 2.25. The average molecular weight is 307 g/mol. The van der Waals surface area contributed by atoms with Crippen molar-refractivity contribution in [1.82, 2.24) is 15.3 Å². The van der Waals surface area contributed by atoms with Gasteiger partial charge in [0.1, 0.15) is 0 Å². The van der Waals surface area contributed by atoms with E-state index in [0.717, 1.165) is 31.5 Å². The molecule has 110 valence electrons. The van der Waals surface area contributed by atoms with E-state index in [2.05, 4.69) is 20.2 Å². The molecule has 0 bridgehead atoms. The highest BCUT2D eigenvalue weighted by atomic mass is 35.5. The van der Waals surface area contributed by atoms with Crippen LogP contribution in [0.15, 0.2) is 29.2 Å². The molecule has 1 aliphatic heterocycles. The third kappa shape index (κ3) is 3.16. The number of hydrogen-bond acceptors (Lipinski definition) is 5. The molecule has 1 fully saturated rings. The van der Waals surface area contributed by atoms with Crippen molar-refractivity contribution in [3.63, 3.8) is 0 Å². The molecule has 21 heavy (non-hydrogen) atoms. The molecular weight excluding hydrogens is 292 g/mol. The van der Waals surface area contributed by atoms with Crippen molar-refractivity contribution in [2.24, 2.45) is 0 Å². The second kappa shape index (κ2) is 6.13. The molecule has 0 spiro atoms. The number of furan rings is 1. The van der Waals surface area contributed by atoms with Crippen LogP contribution in [0, 0.1) is 0 Å². The molecule has 7 heteroatoms. The van der Waals surface area contributed by atoms with Crippen molar-refractivity contribution in [1.29, 1.82) is 0 Å². The van der Waals surface area contributed by atoms with Gasteiger partial charge in [0.2, 0.25) is 5.95 Å². The maximum Gasteiger partial charge on any atom is 0.271 e. The molecule has 1 aliphatic rings. The molecule has 0 atom stereocenters. The van der Waals surface area contributed by atoms with Gasteiger partial charge in [-0.3, -0.25) is 4.79 Å². The lowest BCUT2D eigenvalue weighted by Crippen LogP contribution is -2.26. The van der Waals surface area contributed by atoms with Gasteiger partial charge in [-0.25, -0.2) is 9.97 Å². The van der Waals surface area contributed by atoms with Crippen molar-refractivity contribution in [2.75, 3.05) is 18.0 Å². The van der Waals surface area contributed by atoms with Crippen molar-refractivity contribution in [2.45, 2.75) is 19.4 Å². The summed E-state index contributed by atoms with van der Waals surface area (Å²) in [6, 6.07) is 1.79. The lowest BCUT2D eigenvalue weighted by atomic mass is 10.3. The summed E-state index contributed by atoms with van der Waals surface area (Å²) in [5, 5.41) is 3.02. The lowest BCUT2D eigenvalue weighted by molar-refractivity contribution is 0.0946. The number of aromatic nitrogens is 2. The molecule has 0 saturated carbocycles.